The number of benzene rings is 3. The topological polar surface area (TPSA) is 92.8 Å². The maximum Gasteiger partial charge on any atom is 0.341 e. The second-order valence-corrected chi connectivity index (χ2v) is 9.71. The van der Waals surface area contributed by atoms with Crippen LogP contribution >= 0.6 is 11.3 Å². The molecule has 1 aromatic heterocycles. The number of carbonyl (C=O) groups is 4. The van der Waals surface area contributed by atoms with Crippen LogP contribution in [-0.2, 0) is 16.0 Å². The minimum atomic E-state index is -1.14. The molecule has 38 heavy (non-hydrogen) atoms. The number of hydrogen-bond donors (Lipinski definition) is 1. The number of ether oxygens (including phenoxy) is 1. The molecule has 0 bridgehead atoms. The molecule has 7 nitrogen and oxygen atoms in total. The van der Waals surface area contributed by atoms with E-state index in [0.717, 1.165) is 20.9 Å². The number of fused-ring (bicyclic) bond motifs is 1. The van der Waals surface area contributed by atoms with Gasteiger partial charge in [-0.05, 0) is 36.2 Å². The number of imide groups is 1. The standard InChI is InChI=1S/C30H24N2O5S/c1-2-37-30(36)23-18-25(20-13-7-4-8-14-20)38-27(23)31-26(33)24(17-19-11-5-3-6-12-19)32-28(34)21-15-9-10-16-22(21)29(32)35/h3-16,18,24H,2,17H2,1H3,(H,31,33). The predicted octanol–water partition coefficient (Wildman–Crippen LogP) is 5.44. The fourth-order valence-electron chi connectivity index (χ4n) is 4.41. The summed E-state index contributed by atoms with van der Waals surface area (Å²) in [5.74, 6) is -2.19. The lowest BCUT2D eigenvalue weighted by atomic mass is 10.0. The Kier molecular flexibility index (Phi) is 7.15. The van der Waals surface area contributed by atoms with Crippen LogP contribution in [-0.4, -0.2) is 41.2 Å². The first-order valence-electron chi connectivity index (χ1n) is 12.2. The minimum absolute atomic E-state index is 0.115. The molecule has 5 rings (SSSR count). The third kappa shape index (κ3) is 4.86. The van der Waals surface area contributed by atoms with Gasteiger partial charge >= 0.3 is 5.97 Å². The zero-order valence-electron chi connectivity index (χ0n) is 20.5. The van der Waals surface area contributed by atoms with Crippen LogP contribution in [0.25, 0.3) is 10.4 Å². The molecule has 1 unspecified atom stereocenters. The van der Waals surface area contributed by atoms with Gasteiger partial charge in [0, 0.05) is 11.3 Å². The molecular formula is C30H24N2O5S. The lowest BCUT2D eigenvalue weighted by Gasteiger charge is -2.25. The van der Waals surface area contributed by atoms with Crippen molar-refractivity contribution in [3.05, 3.63) is 113 Å². The molecule has 3 amide bonds. The van der Waals surface area contributed by atoms with Crippen LogP contribution in [0.5, 0.6) is 0 Å². The van der Waals surface area contributed by atoms with E-state index >= 15 is 0 Å². The lowest BCUT2D eigenvalue weighted by molar-refractivity contribution is -0.119. The highest BCUT2D eigenvalue weighted by atomic mass is 32.1. The first-order chi connectivity index (χ1) is 18.5. The van der Waals surface area contributed by atoms with E-state index in [4.69, 9.17) is 4.74 Å². The van der Waals surface area contributed by atoms with E-state index < -0.39 is 29.7 Å². The van der Waals surface area contributed by atoms with E-state index in [1.165, 1.54) is 11.3 Å². The molecule has 0 spiro atoms. The second kappa shape index (κ2) is 10.8. The Labute approximate surface area is 223 Å². The number of hydrogen-bond acceptors (Lipinski definition) is 6. The Hall–Kier alpha value is -4.56. The zero-order chi connectivity index (χ0) is 26.6. The predicted molar refractivity (Wildman–Crippen MR) is 145 cm³/mol. The van der Waals surface area contributed by atoms with E-state index in [1.807, 2.05) is 60.7 Å². The highest BCUT2D eigenvalue weighted by Gasteiger charge is 2.43. The van der Waals surface area contributed by atoms with Gasteiger partial charge in [-0.25, -0.2) is 4.79 Å². The third-order valence-electron chi connectivity index (χ3n) is 6.23. The number of thiophene rings is 1. The van der Waals surface area contributed by atoms with Crippen LogP contribution in [0.3, 0.4) is 0 Å². The Bertz CT molecular complexity index is 1480. The van der Waals surface area contributed by atoms with Gasteiger partial charge in [0.15, 0.2) is 0 Å². The van der Waals surface area contributed by atoms with Crippen LogP contribution in [0.2, 0.25) is 0 Å². The summed E-state index contributed by atoms with van der Waals surface area (Å²) < 4.78 is 5.23. The minimum Gasteiger partial charge on any atom is -0.462 e. The van der Waals surface area contributed by atoms with Crippen molar-refractivity contribution in [3.8, 4) is 10.4 Å². The molecule has 190 valence electrons. The number of nitrogens with one attached hydrogen (secondary N) is 1. The summed E-state index contributed by atoms with van der Waals surface area (Å²) in [6.07, 6.45) is 0.115. The highest BCUT2D eigenvalue weighted by molar-refractivity contribution is 7.20. The Balaban J connectivity index is 1.51. The second-order valence-electron chi connectivity index (χ2n) is 8.66. The van der Waals surface area contributed by atoms with Crippen LogP contribution in [0, 0.1) is 0 Å². The number of nitrogens with zero attached hydrogens (tertiary/aromatic N) is 1. The highest BCUT2D eigenvalue weighted by Crippen LogP contribution is 2.36. The lowest BCUT2D eigenvalue weighted by Crippen LogP contribution is -2.48. The van der Waals surface area contributed by atoms with Crippen molar-refractivity contribution in [1.29, 1.82) is 0 Å². The van der Waals surface area contributed by atoms with Gasteiger partial charge in [0.25, 0.3) is 11.8 Å². The zero-order valence-corrected chi connectivity index (χ0v) is 21.4. The van der Waals surface area contributed by atoms with Gasteiger partial charge in [0.05, 0.1) is 23.3 Å². The number of anilines is 1. The van der Waals surface area contributed by atoms with Crippen molar-refractivity contribution >= 4 is 40.0 Å². The van der Waals surface area contributed by atoms with E-state index in [9.17, 15) is 19.2 Å². The summed E-state index contributed by atoms with van der Waals surface area (Å²) in [6.45, 7) is 1.88. The monoisotopic (exact) mass is 524 g/mol. The summed E-state index contributed by atoms with van der Waals surface area (Å²) in [6, 6.07) is 25.7. The van der Waals surface area contributed by atoms with Crippen molar-refractivity contribution in [2.45, 2.75) is 19.4 Å². The molecule has 0 aliphatic carbocycles. The number of carbonyl (C=O) groups excluding carboxylic acids is 4. The van der Waals surface area contributed by atoms with Crippen LogP contribution in [0.1, 0.15) is 43.6 Å². The molecule has 0 fully saturated rings. The average Bonchev–Trinajstić information content (AvgIpc) is 3.47. The maximum absolute atomic E-state index is 13.8. The molecule has 0 saturated heterocycles. The molecule has 4 aromatic rings. The summed E-state index contributed by atoms with van der Waals surface area (Å²) >= 11 is 1.23. The first-order valence-corrected chi connectivity index (χ1v) is 13.0. The van der Waals surface area contributed by atoms with Gasteiger partial charge < -0.3 is 10.1 Å². The molecule has 8 heteroatoms. The van der Waals surface area contributed by atoms with Gasteiger partial charge in [0.2, 0.25) is 5.91 Å². The maximum atomic E-state index is 13.8. The smallest absolute Gasteiger partial charge is 0.341 e. The van der Waals surface area contributed by atoms with Gasteiger partial charge in [-0.3, -0.25) is 19.3 Å². The molecule has 3 aromatic carbocycles. The van der Waals surface area contributed by atoms with Crippen LogP contribution in [0.15, 0.2) is 91.0 Å². The summed E-state index contributed by atoms with van der Waals surface area (Å²) in [4.78, 5) is 55.0. The molecule has 1 N–H and O–H groups in total. The Morgan fingerprint density at radius 1 is 0.868 bits per heavy atom. The number of rotatable bonds is 8. The Morgan fingerprint density at radius 3 is 2.05 bits per heavy atom. The van der Waals surface area contributed by atoms with Crippen molar-refractivity contribution in [1.82, 2.24) is 4.90 Å². The normalized spacial score (nSPS) is 13.2. The van der Waals surface area contributed by atoms with Crippen LogP contribution < -0.4 is 5.32 Å². The van der Waals surface area contributed by atoms with Gasteiger partial charge in [-0.15, -0.1) is 11.3 Å². The fourth-order valence-corrected chi connectivity index (χ4v) is 5.47. The van der Waals surface area contributed by atoms with Crippen molar-refractivity contribution in [2.75, 3.05) is 11.9 Å². The van der Waals surface area contributed by atoms with Crippen molar-refractivity contribution < 1.29 is 23.9 Å². The number of esters is 1. The van der Waals surface area contributed by atoms with Gasteiger partial charge in [-0.2, -0.15) is 0 Å². The summed E-state index contributed by atoms with van der Waals surface area (Å²) in [7, 11) is 0. The SMILES string of the molecule is CCOC(=O)c1cc(-c2ccccc2)sc1NC(=O)C(Cc1ccccc1)N1C(=O)c2ccccc2C1=O. The number of amides is 3. The van der Waals surface area contributed by atoms with E-state index in [-0.39, 0.29) is 29.7 Å². The van der Waals surface area contributed by atoms with Gasteiger partial charge in [-0.1, -0.05) is 72.8 Å². The Morgan fingerprint density at radius 2 is 1.45 bits per heavy atom. The molecular weight excluding hydrogens is 500 g/mol. The van der Waals surface area contributed by atoms with E-state index in [0.29, 0.717) is 5.00 Å². The van der Waals surface area contributed by atoms with E-state index in [1.54, 1.807) is 37.3 Å². The van der Waals surface area contributed by atoms with Crippen LogP contribution in [0.4, 0.5) is 5.00 Å². The summed E-state index contributed by atoms with van der Waals surface area (Å²) in [5, 5.41) is 3.13. The first kappa shape index (κ1) is 25.1. The molecule has 2 heterocycles. The molecule has 1 aliphatic heterocycles. The molecule has 0 radical (unpaired) electrons. The summed E-state index contributed by atoms with van der Waals surface area (Å²) in [5.41, 5.74) is 2.40. The van der Waals surface area contributed by atoms with Crippen molar-refractivity contribution in [3.63, 3.8) is 0 Å². The average molecular weight is 525 g/mol. The molecule has 1 atom stereocenters. The largest absolute Gasteiger partial charge is 0.462 e. The quantitative estimate of drug-likeness (QED) is 0.245. The fraction of sp³-hybridized carbons (Fsp3) is 0.133. The van der Waals surface area contributed by atoms with E-state index in [2.05, 4.69) is 5.32 Å². The third-order valence-corrected chi connectivity index (χ3v) is 7.33. The van der Waals surface area contributed by atoms with Crippen molar-refractivity contribution in [2.24, 2.45) is 0 Å². The molecule has 1 aliphatic rings. The molecule has 0 saturated carbocycles. The van der Waals surface area contributed by atoms with Gasteiger partial charge in [0.1, 0.15) is 11.0 Å².